The van der Waals surface area contributed by atoms with Gasteiger partial charge >= 0.3 is 0 Å². The Morgan fingerprint density at radius 1 is 1.32 bits per heavy atom. The summed E-state index contributed by atoms with van der Waals surface area (Å²) in [6, 6.07) is 9.21. The van der Waals surface area contributed by atoms with Crippen LogP contribution in [-0.4, -0.2) is 38.7 Å². The third-order valence-electron chi connectivity index (χ3n) is 3.96. The number of benzene rings is 1. The van der Waals surface area contributed by atoms with Crippen molar-refractivity contribution in [3.8, 4) is 11.4 Å². The quantitative estimate of drug-likeness (QED) is 0.664. The van der Waals surface area contributed by atoms with Crippen LogP contribution in [0.1, 0.15) is 23.2 Å². The van der Waals surface area contributed by atoms with E-state index in [-0.39, 0.29) is 12.5 Å². The van der Waals surface area contributed by atoms with Crippen molar-refractivity contribution in [1.82, 2.24) is 19.9 Å². The number of unbranched alkanes of at least 4 members (excludes halogenated alkanes) is 1. The summed E-state index contributed by atoms with van der Waals surface area (Å²) in [6.07, 6.45) is 2.94. The molecule has 0 bridgehead atoms. The molecule has 0 aliphatic rings. The SMILES string of the molecule is Cn1c(-c2ccccc2Cl)nc2cc(C(=O)NCCCCO)cnc21. The molecule has 0 aliphatic heterocycles. The lowest BCUT2D eigenvalue weighted by Gasteiger charge is -2.05. The van der Waals surface area contributed by atoms with Crippen LogP contribution in [0, 0.1) is 0 Å². The molecule has 2 heterocycles. The van der Waals surface area contributed by atoms with Crippen LogP contribution in [0.2, 0.25) is 5.02 Å². The topological polar surface area (TPSA) is 80.0 Å². The number of amides is 1. The fourth-order valence-electron chi connectivity index (χ4n) is 2.62. The van der Waals surface area contributed by atoms with Gasteiger partial charge in [0.05, 0.1) is 10.6 Å². The van der Waals surface area contributed by atoms with Gasteiger partial charge in [-0.3, -0.25) is 4.79 Å². The van der Waals surface area contributed by atoms with Crippen LogP contribution in [0.25, 0.3) is 22.6 Å². The van der Waals surface area contributed by atoms with Gasteiger partial charge in [0.1, 0.15) is 11.3 Å². The monoisotopic (exact) mass is 358 g/mol. The first-order valence-electron chi connectivity index (χ1n) is 8.08. The van der Waals surface area contributed by atoms with Gasteiger partial charge in [0.15, 0.2) is 5.65 Å². The molecule has 7 heteroatoms. The molecule has 0 unspecified atom stereocenters. The van der Waals surface area contributed by atoms with Gasteiger partial charge < -0.3 is 15.0 Å². The largest absolute Gasteiger partial charge is 0.396 e. The zero-order valence-corrected chi connectivity index (χ0v) is 14.6. The summed E-state index contributed by atoms with van der Waals surface area (Å²) >= 11 is 6.27. The van der Waals surface area contributed by atoms with Crippen LogP contribution in [0.4, 0.5) is 0 Å². The number of hydrogen-bond acceptors (Lipinski definition) is 4. The van der Waals surface area contributed by atoms with E-state index < -0.39 is 0 Å². The van der Waals surface area contributed by atoms with Crippen LogP contribution in [0.5, 0.6) is 0 Å². The fourth-order valence-corrected chi connectivity index (χ4v) is 2.84. The lowest BCUT2D eigenvalue weighted by Crippen LogP contribution is -2.24. The lowest BCUT2D eigenvalue weighted by molar-refractivity contribution is 0.0952. The summed E-state index contributed by atoms with van der Waals surface area (Å²) in [4.78, 5) is 21.2. The van der Waals surface area contributed by atoms with E-state index in [9.17, 15) is 4.79 Å². The lowest BCUT2D eigenvalue weighted by atomic mass is 10.2. The van der Waals surface area contributed by atoms with Crippen LogP contribution in [0.3, 0.4) is 0 Å². The molecule has 0 saturated heterocycles. The smallest absolute Gasteiger partial charge is 0.252 e. The summed E-state index contributed by atoms with van der Waals surface area (Å²) < 4.78 is 1.86. The molecule has 0 saturated carbocycles. The first kappa shape index (κ1) is 17.4. The third kappa shape index (κ3) is 3.65. The number of fused-ring (bicyclic) bond motifs is 1. The number of nitrogens with one attached hydrogen (secondary N) is 1. The number of pyridine rings is 1. The van der Waals surface area contributed by atoms with E-state index in [1.54, 1.807) is 12.3 Å². The van der Waals surface area contributed by atoms with Crippen LogP contribution < -0.4 is 5.32 Å². The fraction of sp³-hybridized carbons (Fsp3) is 0.278. The second kappa shape index (κ2) is 7.63. The predicted octanol–water partition coefficient (Wildman–Crippen LogP) is 2.79. The van der Waals surface area contributed by atoms with Crippen molar-refractivity contribution < 1.29 is 9.90 Å². The highest BCUT2D eigenvalue weighted by molar-refractivity contribution is 6.33. The third-order valence-corrected chi connectivity index (χ3v) is 4.29. The Hall–Kier alpha value is -2.44. The maximum absolute atomic E-state index is 12.2. The summed E-state index contributed by atoms with van der Waals surface area (Å²) in [5.74, 6) is 0.505. The second-order valence-electron chi connectivity index (χ2n) is 5.73. The molecule has 6 nitrogen and oxygen atoms in total. The van der Waals surface area contributed by atoms with Crippen molar-refractivity contribution in [2.45, 2.75) is 12.8 Å². The number of carbonyl (C=O) groups is 1. The number of halogens is 1. The minimum Gasteiger partial charge on any atom is -0.396 e. The normalized spacial score (nSPS) is 11.0. The molecule has 0 atom stereocenters. The average Bonchev–Trinajstić information content (AvgIpc) is 2.95. The Labute approximate surface area is 150 Å². The number of hydrogen-bond donors (Lipinski definition) is 2. The maximum Gasteiger partial charge on any atom is 0.252 e. The van der Waals surface area contributed by atoms with Crippen LogP contribution >= 0.6 is 11.6 Å². The molecule has 3 rings (SSSR count). The Morgan fingerprint density at radius 3 is 2.88 bits per heavy atom. The van der Waals surface area contributed by atoms with Gasteiger partial charge in [-0.15, -0.1) is 0 Å². The summed E-state index contributed by atoms with van der Waals surface area (Å²) in [5, 5.41) is 12.2. The van der Waals surface area contributed by atoms with Crippen molar-refractivity contribution >= 4 is 28.7 Å². The molecule has 3 aromatic rings. The molecule has 2 aromatic heterocycles. The molecule has 0 spiro atoms. The van der Waals surface area contributed by atoms with Gasteiger partial charge in [0.2, 0.25) is 0 Å². The van der Waals surface area contributed by atoms with Crippen LogP contribution in [-0.2, 0) is 7.05 Å². The zero-order valence-electron chi connectivity index (χ0n) is 13.9. The molecule has 130 valence electrons. The Morgan fingerprint density at radius 2 is 2.12 bits per heavy atom. The molecule has 0 radical (unpaired) electrons. The number of nitrogens with zero attached hydrogens (tertiary/aromatic N) is 3. The van der Waals surface area contributed by atoms with E-state index in [1.165, 1.54) is 0 Å². The zero-order chi connectivity index (χ0) is 17.8. The highest BCUT2D eigenvalue weighted by Crippen LogP contribution is 2.28. The van der Waals surface area contributed by atoms with Gasteiger partial charge in [-0.05, 0) is 31.0 Å². The van der Waals surface area contributed by atoms with Gasteiger partial charge in [-0.1, -0.05) is 23.7 Å². The standard InChI is InChI=1S/C18H19ClN4O2/c1-23-16(13-6-2-3-7-14(13)19)22-15-10-12(11-21-17(15)23)18(25)20-8-4-5-9-24/h2-3,6-7,10-11,24H,4-5,8-9H2,1H3,(H,20,25). The molecular weight excluding hydrogens is 340 g/mol. The molecule has 2 N–H and O–H groups in total. The Kier molecular flexibility index (Phi) is 5.31. The van der Waals surface area contributed by atoms with Crippen LogP contribution in [0.15, 0.2) is 36.5 Å². The Bertz CT molecular complexity index is 907. The molecule has 1 aromatic carbocycles. The number of aromatic nitrogens is 3. The molecule has 25 heavy (non-hydrogen) atoms. The maximum atomic E-state index is 12.2. The average molecular weight is 359 g/mol. The molecular formula is C18H19ClN4O2. The predicted molar refractivity (Wildman–Crippen MR) is 97.6 cm³/mol. The van der Waals surface area contributed by atoms with E-state index in [2.05, 4.69) is 15.3 Å². The van der Waals surface area contributed by atoms with E-state index >= 15 is 0 Å². The second-order valence-corrected chi connectivity index (χ2v) is 6.13. The van der Waals surface area contributed by atoms with E-state index in [1.807, 2.05) is 35.9 Å². The van der Waals surface area contributed by atoms with E-state index in [0.29, 0.717) is 40.5 Å². The van der Waals surface area contributed by atoms with Gasteiger partial charge in [0, 0.05) is 32.0 Å². The molecule has 0 aliphatic carbocycles. The minimum absolute atomic E-state index is 0.127. The van der Waals surface area contributed by atoms with Crippen molar-refractivity contribution in [3.63, 3.8) is 0 Å². The number of aliphatic hydroxyl groups is 1. The number of aryl methyl sites for hydroxylation is 1. The van der Waals surface area contributed by atoms with Gasteiger partial charge in [-0.25, -0.2) is 9.97 Å². The highest BCUT2D eigenvalue weighted by Gasteiger charge is 2.15. The number of imidazole rings is 1. The summed E-state index contributed by atoms with van der Waals surface area (Å²) in [7, 11) is 1.87. The molecule has 0 fully saturated rings. The van der Waals surface area contributed by atoms with Gasteiger partial charge in [0.25, 0.3) is 5.91 Å². The first-order valence-corrected chi connectivity index (χ1v) is 8.46. The highest BCUT2D eigenvalue weighted by atomic mass is 35.5. The minimum atomic E-state index is -0.197. The van der Waals surface area contributed by atoms with E-state index in [4.69, 9.17) is 16.7 Å². The number of rotatable bonds is 6. The van der Waals surface area contributed by atoms with Crippen molar-refractivity contribution in [2.75, 3.05) is 13.2 Å². The van der Waals surface area contributed by atoms with Gasteiger partial charge in [-0.2, -0.15) is 0 Å². The van der Waals surface area contributed by atoms with Crippen molar-refractivity contribution in [2.24, 2.45) is 7.05 Å². The molecule has 1 amide bonds. The van der Waals surface area contributed by atoms with Crippen molar-refractivity contribution in [1.29, 1.82) is 0 Å². The Balaban J connectivity index is 1.89. The summed E-state index contributed by atoms with van der Waals surface area (Å²) in [6.45, 7) is 0.646. The van der Waals surface area contributed by atoms with E-state index in [0.717, 1.165) is 12.0 Å². The number of aliphatic hydroxyl groups excluding tert-OH is 1. The van der Waals surface area contributed by atoms with Crippen molar-refractivity contribution in [3.05, 3.63) is 47.1 Å². The number of carbonyl (C=O) groups excluding carboxylic acids is 1. The first-order chi connectivity index (χ1) is 12.1. The summed E-state index contributed by atoms with van der Waals surface area (Å²) in [5.41, 5.74) is 2.60.